The van der Waals surface area contributed by atoms with Gasteiger partial charge >= 0.3 is 0 Å². The van der Waals surface area contributed by atoms with Crippen molar-refractivity contribution in [3.8, 4) is 5.82 Å². The second-order valence-corrected chi connectivity index (χ2v) is 7.76. The van der Waals surface area contributed by atoms with Crippen molar-refractivity contribution >= 4 is 28.7 Å². The molecule has 2 atom stereocenters. The molecule has 11 heteroatoms. The Bertz CT molecular complexity index is 1430. The molecule has 4 aromatic heterocycles. The molecule has 4 aromatic rings. The molecule has 1 aliphatic rings. The molecule has 10 nitrogen and oxygen atoms in total. The van der Waals surface area contributed by atoms with Crippen molar-refractivity contribution in [2.75, 3.05) is 17.7 Å². The molecule has 4 heterocycles. The van der Waals surface area contributed by atoms with Crippen molar-refractivity contribution in [3.63, 3.8) is 0 Å². The molecule has 33 heavy (non-hydrogen) atoms. The number of fused-ring (bicyclic) bond motifs is 1. The molecule has 1 aliphatic carbocycles. The zero-order valence-corrected chi connectivity index (χ0v) is 17.9. The molecule has 168 valence electrons. The van der Waals surface area contributed by atoms with Crippen LogP contribution >= 0.6 is 0 Å². The number of nitrogens with one attached hydrogen (secondary N) is 3. The van der Waals surface area contributed by atoms with Gasteiger partial charge in [0.2, 0.25) is 0 Å². The van der Waals surface area contributed by atoms with Crippen LogP contribution in [0.5, 0.6) is 0 Å². The van der Waals surface area contributed by atoms with Crippen molar-refractivity contribution in [1.82, 2.24) is 29.5 Å². The minimum atomic E-state index is -1.02. The van der Waals surface area contributed by atoms with Gasteiger partial charge in [-0.05, 0) is 31.2 Å². The summed E-state index contributed by atoms with van der Waals surface area (Å²) in [6.07, 6.45) is 2.31. The number of carbonyl (C=O) groups is 1. The minimum absolute atomic E-state index is 0.165. The van der Waals surface area contributed by atoms with E-state index in [2.05, 4.69) is 31.0 Å². The molecule has 1 amide bonds. The van der Waals surface area contributed by atoms with E-state index in [-0.39, 0.29) is 16.9 Å². The summed E-state index contributed by atoms with van der Waals surface area (Å²) in [6, 6.07) is 10.00. The average Bonchev–Trinajstić information content (AvgIpc) is 3.31. The quantitative estimate of drug-likeness (QED) is 0.414. The van der Waals surface area contributed by atoms with Crippen molar-refractivity contribution in [2.24, 2.45) is 0 Å². The Balaban J connectivity index is 1.52. The first-order chi connectivity index (χ1) is 15.9. The van der Waals surface area contributed by atoms with Gasteiger partial charge in [-0.1, -0.05) is 6.07 Å². The monoisotopic (exact) mass is 448 g/mol. The van der Waals surface area contributed by atoms with E-state index < -0.39 is 18.1 Å². The lowest BCUT2D eigenvalue weighted by Gasteiger charge is -2.12. The van der Waals surface area contributed by atoms with Gasteiger partial charge in [-0.25, -0.2) is 18.9 Å². The van der Waals surface area contributed by atoms with Crippen LogP contribution in [0.3, 0.4) is 0 Å². The first-order valence-electron chi connectivity index (χ1n) is 10.4. The van der Waals surface area contributed by atoms with Crippen LogP contribution in [0.1, 0.15) is 22.6 Å². The number of halogens is 1. The number of imidazole rings is 1. The number of nitrogens with zero attached hydrogens (tertiary/aromatic N) is 5. The second kappa shape index (κ2) is 8.01. The number of hydrogen-bond donors (Lipinski definition) is 3. The highest BCUT2D eigenvalue weighted by molar-refractivity contribution is 5.94. The molecule has 5 rings (SSSR count). The fourth-order valence-electron chi connectivity index (χ4n) is 3.49. The van der Waals surface area contributed by atoms with Crippen molar-refractivity contribution < 1.29 is 9.18 Å². The van der Waals surface area contributed by atoms with Crippen LogP contribution < -0.4 is 21.5 Å². The highest BCUT2D eigenvalue weighted by Gasteiger charge is 2.39. The van der Waals surface area contributed by atoms with Gasteiger partial charge in [0.25, 0.3) is 11.5 Å². The molecule has 1 fully saturated rings. The van der Waals surface area contributed by atoms with E-state index in [0.717, 1.165) is 5.69 Å². The number of anilines is 3. The number of amides is 1. The summed E-state index contributed by atoms with van der Waals surface area (Å²) in [4.78, 5) is 34.3. The Hall–Kier alpha value is -4.28. The Morgan fingerprint density at radius 2 is 2.03 bits per heavy atom. The number of alkyl halides is 1. The predicted molar refractivity (Wildman–Crippen MR) is 121 cm³/mol. The molecule has 0 aliphatic heterocycles. The molecular weight excluding hydrogens is 427 g/mol. The third kappa shape index (κ3) is 3.88. The zero-order chi connectivity index (χ0) is 23.1. The van der Waals surface area contributed by atoms with E-state index in [1.54, 1.807) is 37.5 Å². The Morgan fingerprint density at radius 3 is 2.76 bits per heavy atom. The summed E-state index contributed by atoms with van der Waals surface area (Å²) in [5.41, 5.74) is 1.94. The first kappa shape index (κ1) is 20.6. The molecule has 0 spiro atoms. The van der Waals surface area contributed by atoms with E-state index in [1.165, 1.54) is 15.3 Å². The third-order valence-electron chi connectivity index (χ3n) is 5.33. The summed E-state index contributed by atoms with van der Waals surface area (Å²) in [5, 5.41) is 13.1. The van der Waals surface area contributed by atoms with Crippen LogP contribution in [0.4, 0.5) is 21.6 Å². The molecule has 0 radical (unpaired) electrons. The number of aromatic nitrogens is 5. The van der Waals surface area contributed by atoms with Gasteiger partial charge in [0.1, 0.15) is 17.7 Å². The maximum atomic E-state index is 13.2. The zero-order valence-electron chi connectivity index (χ0n) is 17.9. The van der Waals surface area contributed by atoms with Gasteiger partial charge in [-0.15, -0.1) is 5.10 Å². The predicted octanol–water partition coefficient (Wildman–Crippen LogP) is 2.21. The van der Waals surface area contributed by atoms with Crippen molar-refractivity contribution in [2.45, 2.75) is 25.6 Å². The van der Waals surface area contributed by atoms with Gasteiger partial charge in [-0.3, -0.25) is 14.2 Å². The largest absolute Gasteiger partial charge is 0.385 e. The molecule has 0 bridgehead atoms. The van der Waals surface area contributed by atoms with Gasteiger partial charge < -0.3 is 16.0 Å². The molecule has 3 N–H and O–H groups in total. The smallest absolute Gasteiger partial charge is 0.279 e. The van der Waals surface area contributed by atoms with E-state index in [4.69, 9.17) is 0 Å². The molecule has 0 unspecified atom stereocenters. The van der Waals surface area contributed by atoms with Gasteiger partial charge in [0, 0.05) is 31.4 Å². The van der Waals surface area contributed by atoms with Crippen LogP contribution in [-0.2, 0) is 0 Å². The topological polar surface area (TPSA) is 118 Å². The van der Waals surface area contributed by atoms with Gasteiger partial charge in [0.05, 0.1) is 17.9 Å². The SMILES string of the molecule is CNc1cc(Nc2cccn(-c3cccc(C)n3)c2=O)nn2c(C(=O)N[C@@H]3C[C@@H]3F)cnc12. The Labute approximate surface area is 187 Å². The van der Waals surface area contributed by atoms with Crippen LogP contribution in [0.15, 0.2) is 53.6 Å². The number of carbonyl (C=O) groups excluding carboxylic acids is 1. The van der Waals surface area contributed by atoms with Crippen LogP contribution in [0.25, 0.3) is 11.5 Å². The molecule has 0 saturated heterocycles. The van der Waals surface area contributed by atoms with Gasteiger partial charge in [0.15, 0.2) is 17.2 Å². The van der Waals surface area contributed by atoms with Crippen LogP contribution in [-0.4, -0.2) is 49.3 Å². The fourth-order valence-corrected chi connectivity index (χ4v) is 3.49. The van der Waals surface area contributed by atoms with Crippen molar-refractivity contribution in [1.29, 1.82) is 0 Å². The lowest BCUT2D eigenvalue weighted by atomic mass is 10.3. The van der Waals surface area contributed by atoms with E-state index >= 15 is 0 Å². The first-order valence-corrected chi connectivity index (χ1v) is 10.4. The van der Waals surface area contributed by atoms with E-state index in [0.29, 0.717) is 29.4 Å². The Kier molecular flexibility index (Phi) is 5.00. The average molecular weight is 448 g/mol. The lowest BCUT2D eigenvalue weighted by molar-refractivity contribution is 0.0940. The second-order valence-electron chi connectivity index (χ2n) is 7.76. The summed E-state index contributed by atoms with van der Waals surface area (Å²) in [5.74, 6) is 0.357. The third-order valence-corrected chi connectivity index (χ3v) is 5.33. The van der Waals surface area contributed by atoms with E-state index in [9.17, 15) is 14.0 Å². The number of rotatable bonds is 6. The van der Waals surface area contributed by atoms with Crippen molar-refractivity contribution in [3.05, 3.63) is 70.5 Å². The lowest BCUT2D eigenvalue weighted by Crippen LogP contribution is -2.28. The fraction of sp³-hybridized carbons (Fsp3) is 0.227. The summed E-state index contributed by atoms with van der Waals surface area (Å²) >= 11 is 0. The molecule has 0 aromatic carbocycles. The highest BCUT2D eigenvalue weighted by Crippen LogP contribution is 2.26. The number of aryl methyl sites for hydroxylation is 1. The van der Waals surface area contributed by atoms with Crippen LogP contribution in [0.2, 0.25) is 0 Å². The minimum Gasteiger partial charge on any atom is -0.385 e. The Morgan fingerprint density at radius 1 is 1.21 bits per heavy atom. The number of pyridine rings is 2. The van der Waals surface area contributed by atoms with E-state index in [1.807, 2.05) is 19.1 Å². The molecule has 1 saturated carbocycles. The van der Waals surface area contributed by atoms with Crippen LogP contribution in [0, 0.1) is 6.92 Å². The molecular formula is C22H21FN8O2. The summed E-state index contributed by atoms with van der Waals surface area (Å²) < 4.78 is 16.0. The maximum Gasteiger partial charge on any atom is 0.279 e. The highest BCUT2D eigenvalue weighted by atomic mass is 19.1. The number of hydrogen-bond acceptors (Lipinski definition) is 7. The normalized spacial score (nSPS) is 17.1. The summed E-state index contributed by atoms with van der Waals surface area (Å²) in [6.45, 7) is 1.85. The summed E-state index contributed by atoms with van der Waals surface area (Å²) in [7, 11) is 1.71. The standard InChI is InChI=1S/C22H21FN8O2/c1-12-5-3-7-19(26-12)30-8-4-6-14(22(30)33)27-18-10-16(24-2)20-25-11-17(31(20)29-18)21(32)28-15-9-13(15)23/h3-8,10-11,13,15,24H,9H2,1-2H3,(H,27,29)(H,28,32)/t13-,15+/m0/s1. The van der Waals surface area contributed by atoms with Gasteiger partial charge in [-0.2, -0.15) is 0 Å². The maximum absolute atomic E-state index is 13.2.